The van der Waals surface area contributed by atoms with Gasteiger partial charge in [0.25, 0.3) is 5.69 Å². The molecule has 0 aliphatic carbocycles. The van der Waals surface area contributed by atoms with Crippen molar-refractivity contribution in [2.75, 3.05) is 0 Å². The highest BCUT2D eigenvalue weighted by Gasteiger charge is 2.18. The van der Waals surface area contributed by atoms with Gasteiger partial charge in [0.1, 0.15) is 0 Å². The predicted molar refractivity (Wildman–Crippen MR) is 92.4 cm³/mol. The lowest BCUT2D eigenvalue weighted by Gasteiger charge is -2.12. The summed E-state index contributed by atoms with van der Waals surface area (Å²) >= 11 is 0. The molecule has 0 unspecified atom stereocenters. The molecule has 1 aromatic heterocycles. The van der Waals surface area contributed by atoms with E-state index in [1.807, 2.05) is 4.57 Å². The Labute approximate surface area is 140 Å². The van der Waals surface area contributed by atoms with E-state index in [1.54, 1.807) is 25.1 Å². The van der Waals surface area contributed by atoms with Crippen molar-refractivity contribution in [1.29, 1.82) is 0 Å². The minimum Gasteiger partial charge on any atom is -0.478 e. The first-order valence-electron chi connectivity index (χ1n) is 8.14. The molecule has 0 aliphatic heterocycles. The van der Waals surface area contributed by atoms with Gasteiger partial charge in [0.2, 0.25) is 0 Å². The molecule has 6 nitrogen and oxygen atoms in total. The predicted octanol–water partition coefficient (Wildman–Crippen LogP) is 4.65. The zero-order chi connectivity index (χ0) is 17.7. The maximum atomic E-state index is 11.4. The number of carboxylic acid groups (broad SMARTS) is 1. The van der Waals surface area contributed by atoms with E-state index in [2.05, 4.69) is 6.92 Å². The topological polar surface area (TPSA) is 85.4 Å². The SMILES string of the molecule is CCCCCCn1c(-c2ccc([N+](=O)[O-])cc2)cc(C(=O)O)c1C. The lowest BCUT2D eigenvalue weighted by molar-refractivity contribution is -0.384. The third-order valence-corrected chi connectivity index (χ3v) is 4.21. The Bertz CT molecular complexity index is 732. The minimum absolute atomic E-state index is 0.0231. The summed E-state index contributed by atoms with van der Waals surface area (Å²) in [6, 6.07) is 7.87. The second-order valence-electron chi connectivity index (χ2n) is 5.85. The van der Waals surface area contributed by atoms with Crippen molar-refractivity contribution in [3.05, 3.63) is 51.7 Å². The molecule has 24 heavy (non-hydrogen) atoms. The summed E-state index contributed by atoms with van der Waals surface area (Å²) in [5, 5.41) is 20.2. The fourth-order valence-corrected chi connectivity index (χ4v) is 2.84. The van der Waals surface area contributed by atoms with Gasteiger partial charge in [-0.25, -0.2) is 4.79 Å². The number of aromatic carboxylic acids is 1. The summed E-state index contributed by atoms with van der Waals surface area (Å²) in [6.45, 7) is 4.69. The number of hydrogen-bond acceptors (Lipinski definition) is 3. The highest BCUT2D eigenvalue weighted by Crippen LogP contribution is 2.28. The maximum Gasteiger partial charge on any atom is 0.337 e. The van der Waals surface area contributed by atoms with Crippen LogP contribution in [0, 0.1) is 17.0 Å². The van der Waals surface area contributed by atoms with Crippen LogP contribution in [-0.4, -0.2) is 20.6 Å². The van der Waals surface area contributed by atoms with Crippen molar-refractivity contribution in [2.45, 2.75) is 46.1 Å². The van der Waals surface area contributed by atoms with Gasteiger partial charge in [-0.15, -0.1) is 0 Å². The van der Waals surface area contributed by atoms with Gasteiger partial charge < -0.3 is 9.67 Å². The number of carbonyl (C=O) groups is 1. The van der Waals surface area contributed by atoms with E-state index >= 15 is 0 Å². The average Bonchev–Trinajstić information content (AvgIpc) is 2.89. The van der Waals surface area contributed by atoms with Crippen LogP contribution in [0.3, 0.4) is 0 Å². The summed E-state index contributed by atoms with van der Waals surface area (Å²) in [5.41, 5.74) is 2.59. The van der Waals surface area contributed by atoms with E-state index in [0.717, 1.165) is 43.5 Å². The van der Waals surface area contributed by atoms with Gasteiger partial charge >= 0.3 is 5.97 Å². The van der Waals surface area contributed by atoms with Crippen LogP contribution in [0.5, 0.6) is 0 Å². The number of nitro benzene ring substituents is 1. The van der Waals surface area contributed by atoms with Crippen molar-refractivity contribution in [3.63, 3.8) is 0 Å². The first-order chi connectivity index (χ1) is 11.5. The molecule has 0 aliphatic rings. The highest BCUT2D eigenvalue weighted by atomic mass is 16.6. The molecule has 2 rings (SSSR count). The summed E-state index contributed by atoms with van der Waals surface area (Å²) in [4.78, 5) is 21.8. The molecule has 128 valence electrons. The lowest BCUT2D eigenvalue weighted by atomic mass is 10.1. The second-order valence-corrected chi connectivity index (χ2v) is 5.85. The maximum absolute atomic E-state index is 11.4. The van der Waals surface area contributed by atoms with Crippen LogP contribution in [0.25, 0.3) is 11.3 Å². The van der Waals surface area contributed by atoms with Gasteiger partial charge in [0, 0.05) is 30.1 Å². The summed E-state index contributed by atoms with van der Waals surface area (Å²) < 4.78 is 2.00. The molecule has 0 atom stereocenters. The molecule has 2 aromatic rings. The number of nitrogens with zero attached hydrogens (tertiary/aromatic N) is 2. The summed E-state index contributed by atoms with van der Waals surface area (Å²) in [5.74, 6) is -0.956. The van der Waals surface area contributed by atoms with Crippen LogP contribution in [0.15, 0.2) is 30.3 Å². The van der Waals surface area contributed by atoms with Crippen molar-refractivity contribution in [2.24, 2.45) is 0 Å². The molecule has 0 fully saturated rings. The Morgan fingerprint density at radius 1 is 1.21 bits per heavy atom. The lowest BCUT2D eigenvalue weighted by Crippen LogP contribution is -2.05. The Hall–Kier alpha value is -2.63. The number of carboxylic acids is 1. The number of unbranched alkanes of at least 4 members (excludes halogenated alkanes) is 3. The number of non-ortho nitro benzene ring substituents is 1. The van der Waals surface area contributed by atoms with E-state index in [4.69, 9.17) is 0 Å². The molecular formula is C18H22N2O4. The van der Waals surface area contributed by atoms with E-state index in [9.17, 15) is 20.0 Å². The molecule has 0 spiro atoms. The van der Waals surface area contributed by atoms with Crippen molar-refractivity contribution >= 4 is 11.7 Å². The fourth-order valence-electron chi connectivity index (χ4n) is 2.84. The quantitative estimate of drug-likeness (QED) is 0.433. The van der Waals surface area contributed by atoms with Crippen molar-refractivity contribution in [1.82, 2.24) is 4.57 Å². The molecule has 6 heteroatoms. The summed E-state index contributed by atoms with van der Waals surface area (Å²) in [6.07, 6.45) is 4.36. The molecule has 1 heterocycles. The standard InChI is InChI=1S/C18H22N2O4/c1-3-4-5-6-11-19-13(2)16(18(21)22)12-17(19)14-7-9-15(10-8-14)20(23)24/h7-10,12H,3-6,11H2,1-2H3,(H,21,22). The van der Waals surface area contributed by atoms with E-state index < -0.39 is 10.9 Å². The van der Waals surface area contributed by atoms with E-state index in [-0.39, 0.29) is 11.3 Å². The molecule has 1 aromatic carbocycles. The normalized spacial score (nSPS) is 10.8. The third kappa shape index (κ3) is 3.82. The van der Waals surface area contributed by atoms with Gasteiger partial charge in [0.15, 0.2) is 0 Å². The third-order valence-electron chi connectivity index (χ3n) is 4.21. The van der Waals surface area contributed by atoms with Crippen LogP contribution in [0.4, 0.5) is 5.69 Å². The number of benzene rings is 1. The number of rotatable bonds is 8. The van der Waals surface area contributed by atoms with Crippen LogP contribution in [-0.2, 0) is 6.54 Å². The average molecular weight is 330 g/mol. The smallest absolute Gasteiger partial charge is 0.337 e. The highest BCUT2D eigenvalue weighted by molar-refractivity contribution is 5.91. The van der Waals surface area contributed by atoms with Gasteiger partial charge in [-0.05, 0) is 37.1 Å². The molecule has 0 amide bonds. The molecule has 0 saturated carbocycles. The number of nitro groups is 1. The van der Waals surface area contributed by atoms with Gasteiger partial charge in [-0.1, -0.05) is 26.2 Å². The fraction of sp³-hybridized carbons (Fsp3) is 0.389. The second kappa shape index (κ2) is 7.77. The van der Waals surface area contributed by atoms with Crippen LogP contribution < -0.4 is 0 Å². The Morgan fingerprint density at radius 3 is 2.42 bits per heavy atom. The van der Waals surface area contributed by atoms with E-state index in [0.29, 0.717) is 5.69 Å². The zero-order valence-corrected chi connectivity index (χ0v) is 14.0. The largest absolute Gasteiger partial charge is 0.478 e. The Kier molecular flexibility index (Phi) is 5.73. The van der Waals surface area contributed by atoms with Gasteiger partial charge in [0.05, 0.1) is 10.5 Å². The van der Waals surface area contributed by atoms with Crippen LogP contribution >= 0.6 is 0 Å². The molecular weight excluding hydrogens is 308 g/mol. The van der Waals surface area contributed by atoms with E-state index in [1.165, 1.54) is 12.1 Å². The molecule has 0 radical (unpaired) electrons. The van der Waals surface area contributed by atoms with Crippen molar-refractivity contribution < 1.29 is 14.8 Å². The molecule has 1 N–H and O–H groups in total. The summed E-state index contributed by atoms with van der Waals surface area (Å²) in [7, 11) is 0. The van der Waals surface area contributed by atoms with Crippen LogP contribution in [0.2, 0.25) is 0 Å². The zero-order valence-electron chi connectivity index (χ0n) is 14.0. The van der Waals surface area contributed by atoms with Gasteiger partial charge in [-0.2, -0.15) is 0 Å². The number of hydrogen-bond donors (Lipinski definition) is 1. The van der Waals surface area contributed by atoms with Crippen molar-refractivity contribution in [3.8, 4) is 11.3 Å². The molecule has 0 saturated heterocycles. The Balaban J connectivity index is 2.37. The monoisotopic (exact) mass is 330 g/mol. The number of aromatic nitrogens is 1. The molecule has 0 bridgehead atoms. The van der Waals surface area contributed by atoms with Crippen LogP contribution in [0.1, 0.15) is 48.7 Å². The first-order valence-corrected chi connectivity index (χ1v) is 8.14. The first kappa shape index (κ1) is 17.7. The minimum atomic E-state index is -0.956. The van der Waals surface area contributed by atoms with Gasteiger partial charge in [-0.3, -0.25) is 10.1 Å². The Morgan fingerprint density at radius 2 is 1.88 bits per heavy atom.